The van der Waals surface area contributed by atoms with Gasteiger partial charge >= 0.3 is 5.97 Å². The molecule has 1 heterocycles. The SMILES string of the molecule is CC1CCCC(OC(=O)C2CNc3ccccc3C2)C1. The molecule has 0 spiro atoms. The molecule has 1 saturated carbocycles. The molecule has 20 heavy (non-hydrogen) atoms. The molecule has 3 heteroatoms. The van der Waals surface area contributed by atoms with Crippen molar-refractivity contribution < 1.29 is 9.53 Å². The molecule has 108 valence electrons. The first kappa shape index (κ1) is 13.5. The van der Waals surface area contributed by atoms with E-state index in [2.05, 4.69) is 24.4 Å². The van der Waals surface area contributed by atoms with Gasteiger partial charge in [0.15, 0.2) is 0 Å². The Kier molecular flexibility index (Phi) is 3.95. The van der Waals surface area contributed by atoms with Gasteiger partial charge in [-0.25, -0.2) is 0 Å². The van der Waals surface area contributed by atoms with Crippen LogP contribution in [0.3, 0.4) is 0 Å². The first-order valence-electron chi connectivity index (χ1n) is 7.74. The van der Waals surface area contributed by atoms with Crippen molar-refractivity contribution in [2.75, 3.05) is 11.9 Å². The largest absolute Gasteiger partial charge is 0.462 e. The summed E-state index contributed by atoms with van der Waals surface area (Å²) in [6.45, 7) is 2.94. The van der Waals surface area contributed by atoms with Crippen LogP contribution in [0.4, 0.5) is 5.69 Å². The summed E-state index contributed by atoms with van der Waals surface area (Å²) in [6.07, 6.45) is 5.46. The Morgan fingerprint density at radius 3 is 3.00 bits per heavy atom. The topological polar surface area (TPSA) is 38.3 Å². The highest BCUT2D eigenvalue weighted by atomic mass is 16.5. The summed E-state index contributed by atoms with van der Waals surface area (Å²) in [5, 5.41) is 3.34. The molecule has 2 aliphatic rings. The van der Waals surface area contributed by atoms with Crippen LogP contribution in [0.5, 0.6) is 0 Å². The number of hydrogen-bond donors (Lipinski definition) is 1. The van der Waals surface area contributed by atoms with Gasteiger partial charge < -0.3 is 10.1 Å². The molecule has 0 bridgehead atoms. The predicted octanol–water partition coefficient (Wildman–Crippen LogP) is 3.39. The van der Waals surface area contributed by atoms with Crippen LogP contribution in [0.25, 0.3) is 0 Å². The molecule has 1 aliphatic heterocycles. The molecule has 3 unspecified atom stereocenters. The number of esters is 1. The van der Waals surface area contributed by atoms with Crippen molar-refractivity contribution in [1.82, 2.24) is 0 Å². The molecule has 0 saturated heterocycles. The summed E-state index contributed by atoms with van der Waals surface area (Å²) in [7, 11) is 0. The van der Waals surface area contributed by atoms with E-state index in [1.807, 2.05) is 12.1 Å². The molecular weight excluding hydrogens is 250 g/mol. The van der Waals surface area contributed by atoms with Gasteiger partial charge in [-0.05, 0) is 43.2 Å². The molecule has 1 aromatic carbocycles. The number of anilines is 1. The maximum atomic E-state index is 12.3. The van der Waals surface area contributed by atoms with Gasteiger partial charge in [-0.1, -0.05) is 31.5 Å². The van der Waals surface area contributed by atoms with Crippen molar-refractivity contribution in [3.63, 3.8) is 0 Å². The fourth-order valence-corrected chi connectivity index (χ4v) is 3.35. The average Bonchev–Trinajstić information content (AvgIpc) is 2.47. The third kappa shape index (κ3) is 2.97. The van der Waals surface area contributed by atoms with E-state index in [0.29, 0.717) is 12.5 Å². The molecular formula is C17H23NO2. The molecule has 3 atom stereocenters. The molecule has 0 amide bonds. The summed E-state index contributed by atoms with van der Waals surface area (Å²) in [5.74, 6) is 0.625. The third-order valence-electron chi connectivity index (χ3n) is 4.53. The lowest BCUT2D eigenvalue weighted by Gasteiger charge is -2.30. The number of hydrogen-bond acceptors (Lipinski definition) is 3. The summed E-state index contributed by atoms with van der Waals surface area (Å²) < 4.78 is 5.74. The van der Waals surface area contributed by atoms with Gasteiger partial charge in [0.25, 0.3) is 0 Å². The highest BCUT2D eigenvalue weighted by Crippen LogP contribution is 2.28. The molecule has 1 aliphatic carbocycles. The number of fused-ring (bicyclic) bond motifs is 1. The zero-order valence-corrected chi connectivity index (χ0v) is 12.1. The Morgan fingerprint density at radius 2 is 2.15 bits per heavy atom. The lowest BCUT2D eigenvalue weighted by atomic mass is 9.88. The Morgan fingerprint density at radius 1 is 1.30 bits per heavy atom. The Labute approximate surface area is 120 Å². The van der Waals surface area contributed by atoms with Crippen LogP contribution < -0.4 is 5.32 Å². The molecule has 1 N–H and O–H groups in total. The number of para-hydroxylation sites is 1. The Bertz CT molecular complexity index is 486. The lowest BCUT2D eigenvalue weighted by Crippen LogP contribution is -2.34. The second-order valence-corrected chi connectivity index (χ2v) is 6.27. The maximum absolute atomic E-state index is 12.3. The summed E-state index contributed by atoms with van der Waals surface area (Å²) in [5.41, 5.74) is 2.38. The van der Waals surface area contributed by atoms with E-state index < -0.39 is 0 Å². The van der Waals surface area contributed by atoms with Crippen LogP contribution in [-0.2, 0) is 16.0 Å². The minimum atomic E-state index is -0.0397. The molecule has 0 aromatic heterocycles. The second kappa shape index (κ2) is 5.86. The Hall–Kier alpha value is -1.51. The van der Waals surface area contributed by atoms with Gasteiger partial charge in [-0.2, -0.15) is 0 Å². The van der Waals surface area contributed by atoms with Crippen molar-refractivity contribution in [1.29, 1.82) is 0 Å². The summed E-state index contributed by atoms with van der Waals surface area (Å²) in [4.78, 5) is 12.3. The number of carbonyl (C=O) groups excluding carboxylic acids is 1. The Balaban J connectivity index is 1.59. The van der Waals surface area contributed by atoms with Crippen molar-refractivity contribution in [3.8, 4) is 0 Å². The van der Waals surface area contributed by atoms with E-state index in [-0.39, 0.29) is 18.0 Å². The predicted molar refractivity (Wildman–Crippen MR) is 79.6 cm³/mol. The fourth-order valence-electron chi connectivity index (χ4n) is 3.35. The summed E-state index contributed by atoms with van der Waals surface area (Å²) in [6, 6.07) is 8.20. The van der Waals surface area contributed by atoms with E-state index >= 15 is 0 Å². The molecule has 3 rings (SSSR count). The highest BCUT2D eigenvalue weighted by Gasteiger charge is 2.29. The van der Waals surface area contributed by atoms with E-state index in [9.17, 15) is 4.79 Å². The van der Waals surface area contributed by atoms with Crippen LogP contribution in [0.1, 0.15) is 38.2 Å². The monoisotopic (exact) mass is 273 g/mol. The van der Waals surface area contributed by atoms with Crippen LogP contribution >= 0.6 is 0 Å². The van der Waals surface area contributed by atoms with Crippen molar-refractivity contribution in [3.05, 3.63) is 29.8 Å². The molecule has 3 nitrogen and oxygen atoms in total. The van der Waals surface area contributed by atoms with Crippen molar-refractivity contribution in [2.24, 2.45) is 11.8 Å². The van der Waals surface area contributed by atoms with Crippen LogP contribution in [0.15, 0.2) is 24.3 Å². The quantitative estimate of drug-likeness (QED) is 0.839. The van der Waals surface area contributed by atoms with Gasteiger partial charge in [0.2, 0.25) is 0 Å². The highest BCUT2D eigenvalue weighted by molar-refractivity contribution is 5.75. The second-order valence-electron chi connectivity index (χ2n) is 6.27. The van der Waals surface area contributed by atoms with Gasteiger partial charge in [0, 0.05) is 12.2 Å². The zero-order chi connectivity index (χ0) is 13.9. The van der Waals surface area contributed by atoms with Gasteiger partial charge in [-0.15, -0.1) is 0 Å². The molecule has 0 radical (unpaired) electrons. The number of carbonyl (C=O) groups is 1. The van der Waals surface area contributed by atoms with E-state index in [1.54, 1.807) is 0 Å². The van der Waals surface area contributed by atoms with Crippen LogP contribution in [0.2, 0.25) is 0 Å². The van der Waals surface area contributed by atoms with Crippen molar-refractivity contribution >= 4 is 11.7 Å². The number of ether oxygens (including phenoxy) is 1. The fraction of sp³-hybridized carbons (Fsp3) is 0.588. The van der Waals surface area contributed by atoms with Gasteiger partial charge in [0.05, 0.1) is 5.92 Å². The first-order valence-corrected chi connectivity index (χ1v) is 7.74. The number of benzene rings is 1. The minimum absolute atomic E-state index is 0.0221. The minimum Gasteiger partial charge on any atom is -0.462 e. The molecule has 1 fully saturated rings. The average molecular weight is 273 g/mol. The van der Waals surface area contributed by atoms with E-state index in [0.717, 1.165) is 24.9 Å². The maximum Gasteiger partial charge on any atom is 0.311 e. The van der Waals surface area contributed by atoms with E-state index in [1.165, 1.54) is 18.4 Å². The van der Waals surface area contributed by atoms with E-state index in [4.69, 9.17) is 4.74 Å². The normalized spacial score (nSPS) is 29.1. The number of nitrogens with one attached hydrogen (secondary N) is 1. The summed E-state index contributed by atoms with van der Waals surface area (Å²) >= 11 is 0. The van der Waals surface area contributed by atoms with Gasteiger partial charge in [0.1, 0.15) is 6.10 Å². The number of rotatable bonds is 2. The van der Waals surface area contributed by atoms with Crippen LogP contribution in [0, 0.1) is 11.8 Å². The van der Waals surface area contributed by atoms with Gasteiger partial charge in [-0.3, -0.25) is 4.79 Å². The zero-order valence-electron chi connectivity index (χ0n) is 12.1. The smallest absolute Gasteiger partial charge is 0.311 e. The standard InChI is InChI=1S/C17H23NO2/c1-12-5-4-7-15(9-12)20-17(19)14-10-13-6-2-3-8-16(13)18-11-14/h2-3,6,8,12,14-15,18H,4-5,7,9-11H2,1H3. The first-order chi connectivity index (χ1) is 9.72. The third-order valence-corrected chi connectivity index (χ3v) is 4.53. The van der Waals surface area contributed by atoms with Crippen LogP contribution in [-0.4, -0.2) is 18.6 Å². The van der Waals surface area contributed by atoms with Crippen molar-refractivity contribution in [2.45, 2.75) is 45.1 Å². The molecule has 1 aromatic rings. The lowest BCUT2D eigenvalue weighted by molar-refractivity contribution is -0.155.